The third kappa shape index (κ3) is 10.6. The first kappa shape index (κ1) is 22.9. The van der Waals surface area contributed by atoms with Gasteiger partial charge in [0.2, 0.25) is 0 Å². The van der Waals surface area contributed by atoms with Crippen LogP contribution in [0.15, 0.2) is 121 Å². The maximum absolute atomic E-state index is 13.2. The van der Waals surface area contributed by atoms with Crippen molar-refractivity contribution < 1.29 is 75.5 Å². The molecule has 0 radical (unpaired) electrons. The molecule has 2 aromatic heterocycles. The average molecular weight is 1140 g/mol. The number of rotatable bonds is 8. The molecule has 1 N–H and O–H groups in total. The number of phenols is 1. The van der Waals surface area contributed by atoms with Crippen molar-refractivity contribution in [2.75, 3.05) is 0 Å². The summed E-state index contributed by atoms with van der Waals surface area (Å²) < 4.78 is 316. The summed E-state index contributed by atoms with van der Waals surface area (Å²) in [6, 6.07) is 17.9. The van der Waals surface area contributed by atoms with Gasteiger partial charge in [0.15, 0.2) is 0 Å². The third-order valence-electron chi connectivity index (χ3n) is 11.9. The van der Waals surface area contributed by atoms with Crippen LogP contribution in [0.25, 0.3) is 72.7 Å². The van der Waals surface area contributed by atoms with Crippen LogP contribution in [0.5, 0.6) is 5.75 Å². The maximum atomic E-state index is 13.2. The Morgan fingerprint density at radius 1 is 0.614 bits per heavy atom. The number of pyridine rings is 1. The van der Waals surface area contributed by atoms with Gasteiger partial charge in [-0.05, 0) is 121 Å². The fourth-order valence-corrected chi connectivity index (χ4v) is 7.99. The Kier molecular flexibility index (Phi) is 6.28. The number of nitrogens with zero attached hydrogens (tertiary/aromatic N) is 3. The third-order valence-corrected chi connectivity index (χ3v) is 11.9. The number of hydrogen-bond acceptors (Lipinski definition) is 3. The van der Waals surface area contributed by atoms with Crippen LogP contribution < -0.4 is 0 Å². The van der Waals surface area contributed by atoms with Crippen LogP contribution in [-0.4, -0.2) is 19.6 Å². The van der Waals surface area contributed by atoms with Gasteiger partial charge in [-0.15, -0.1) is 29.3 Å². The first-order valence-corrected chi connectivity index (χ1v) is 21.8. The van der Waals surface area contributed by atoms with Gasteiger partial charge in [0, 0.05) is 82.4 Å². The summed E-state index contributed by atoms with van der Waals surface area (Å²) >= 11 is 0. The minimum absolute atomic E-state index is 0. The number of benzene rings is 6. The largest absolute Gasteiger partial charge is 0.507 e. The monoisotopic (exact) mass is 1140 g/mol. The zero-order valence-corrected chi connectivity index (χ0v) is 41.6. The maximum Gasteiger partial charge on any atom is 0.148 e. The molecule has 0 unspecified atom stereocenters. The van der Waals surface area contributed by atoms with Crippen molar-refractivity contribution in [2.24, 2.45) is 0 Å². The SMILES string of the molecule is [2H]c1c([2H])c(C(C([2H])([2H])[2H])(C([2H])([2H])[2H])C([2H])([2H])[2H])c([2H])c([2H])c1-c1ccnc(-c2[c-]c(-c3cccc4c3nc(-c3cc(C(C([2H])([2H])[2H])(C([2H])([2H])[2H])C([2H])([2H])[2H])cc(C(C([2H])([2H])[2H])(C([2H])([2H])[2H])C([2H])([2H])[2H])c3O)n4-c3ccc(-c4cc(C([2H])(C)C)cc(C([2H])(C)C)c4)cc3C([2H])([2H])[2H])cc(C(C)(C)C)c2)c1.[Pt]. The van der Waals surface area contributed by atoms with Crippen LogP contribution in [-0.2, 0) is 42.7 Å². The molecule has 0 saturated carbocycles. The standard InChI is InChI=1S/C65H74N3O.Pt/c1-39(2)45-30-46(40(3)4)32-47(31-45)43-23-26-57(41(5)29-43)68-58-20-18-19-53(59(58)67-61(68)54-37-52(64(12,13)14)38-55(60(54)69)65(15,16)17)48-33-49(35-51(34-48)63(9,10)11)56-36-44(27-28-66-56)42-21-24-50(25-22-42)62(6,7)8;/h18-32,34-40,69H,1-17H3;/q-1;/i5D3,6D3,7D3,8D3,12D3,13D3,14D3,15D3,16D3,17D3,21D,22D,24D,25D,39D,40D;. The van der Waals surface area contributed by atoms with Crippen LogP contribution >= 0.6 is 0 Å². The second kappa shape index (κ2) is 19.2. The summed E-state index contributed by atoms with van der Waals surface area (Å²) in [4.78, 5) is 9.51. The molecule has 0 bridgehead atoms. The zero-order valence-electron chi connectivity index (χ0n) is 75.3. The molecule has 4 nitrogen and oxygen atoms in total. The van der Waals surface area contributed by atoms with E-state index < -0.39 is 177 Å². The molecule has 0 saturated heterocycles. The molecule has 0 aliphatic heterocycles. The molecule has 5 heteroatoms. The quantitative estimate of drug-likeness (QED) is 0.154. The Balaban J connectivity index is 0.0000157. The molecule has 0 atom stereocenters. The molecule has 366 valence electrons. The van der Waals surface area contributed by atoms with E-state index in [9.17, 15) is 12.0 Å². The van der Waals surface area contributed by atoms with Crippen molar-refractivity contribution in [3.63, 3.8) is 0 Å². The number of imidazole rings is 1. The van der Waals surface area contributed by atoms with E-state index >= 15 is 0 Å². The minimum Gasteiger partial charge on any atom is -0.507 e. The van der Waals surface area contributed by atoms with E-state index in [4.69, 9.17) is 47.5 Å². The van der Waals surface area contributed by atoms with Gasteiger partial charge in [-0.3, -0.25) is 9.55 Å². The normalized spacial score (nSPS) is 22.2. The van der Waals surface area contributed by atoms with Gasteiger partial charge in [0.05, 0.1) is 27.8 Å². The number of para-hydroxylation sites is 1. The Hall–Kier alpha value is -5.57. The van der Waals surface area contributed by atoms with E-state index in [1.165, 1.54) is 54.7 Å². The van der Waals surface area contributed by atoms with Crippen molar-refractivity contribution in [2.45, 2.75) is 150 Å². The van der Waals surface area contributed by atoms with Gasteiger partial charge in [-0.1, -0.05) is 194 Å². The van der Waals surface area contributed by atoms with Crippen molar-refractivity contribution >= 4 is 11.0 Å². The van der Waals surface area contributed by atoms with Gasteiger partial charge in [-0.25, -0.2) is 4.98 Å². The summed E-state index contributed by atoms with van der Waals surface area (Å²) in [5.74, 6) is -5.10. The first-order chi connectivity index (χ1) is 46.9. The summed E-state index contributed by atoms with van der Waals surface area (Å²) in [6.07, 6.45) is 1.18. The number of phenolic OH excluding ortho intramolecular Hbond substituents is 1. The smallest absolute Gasteiger partial charge is 0.148 e. The second-order valence-corrected chi connectivity index (χ2v) is 18.8. The molecule has 0 amide bonds. The minimum atomic E-state index is -4.39. The second-order valence-electron chi connectivity index (χ2n) is 18.8. The zero-order chi connectivity index (χ0) is 80.4. The van der Waals surface area contributed by atoms with Gasteiger partial charge >= 0.3 is 0 Å². The van der Waals surface area contributed by atoms with Crippen LogP contribution in [0, 0.1) is 12.9 Å². The Morgan fingerprint density at radius 3 is 1.87 bits per heavy atom. The molecular weight excluding hydrogens is 1030 g/mol. The number of aromatic nitrogens is 3. The summed E-state index contributed by atoms with van der Waals surface area (Å²) in [5, 5.41) is 13.2. The molecule has 8 aromatic rings. The fraction of sp³-hybridized carbons (Fsp3) is 0.354. The van der Waals surface area contributed by atoms with Gasteiger partial charge in [0.25, 0.3) is 0 Å². The summed E-state index contributed by atoms with van der Waals surface area (Å²) in [6.45, 7) is -29.3. The Bertz CT molecular complexity index is 4540. The van der Waals surface area contributed by atoms with E-state index in [-0.39, 0.29) is 71.7 Å². The number of hydrogen-bond donors (Lipinski definition) is 1. The van der Waals surface area contributed by atoms with Crippen LogP contribution in [0.1, 0.15) is 210 Å². The predicted molar refractivity (Wildman–Crippen MR) is 294 cm³/mol. The van der Waals surface area contributed by atoms with Crippen molar-refractivity contribution in [3.8, 4) is 67.5 Å². The van der Waals surface area contributed by atoms with E-state index in [1.807, 2.05) is 0 Å². The molecule has 0 spiro atoms. The van der Waals surface area contributed by atoms with E-state index in [2.05, 4.69) is 11.1 Å². The van der Waals surface area contributed by atoms with Gasteiger partial charge < -0.3 is 5.11 Å². The average Bonchev–Trinajstić information content (AvgIpc) is 0.741. The Labute approximate surface area is 484 Å². The molecule has 0 fully saturated rings. The van der Waals surface area contributed by atoms with Gasteiger partial charge in [0.1, 0.15) is 11.6 Å². The van der Waals surface area contributed by atoms with Crippen molar-refractivity contribution in [1.82, 2.24) is 14.5 Å². The van der Waals surface area contributed by atoms with E-state index in [0.29, 0.717) is 28.3 Å². The van der Waals surface area contributed by atoms with Crippen molar-refractivity contribution in [3.05, 3.63) is 166 Å². The number of aryl methyl sites for hydroxylation is 1. The first-order valence-electron chi connectivity index (χ1n) is 39.8. The molecule has 8 rings (SSSR count). The van der Waals surface area contributed by atoms with Crippen molar-refractivity contribution in [1.29, 1.82) is 0 Å². The van der Waals surface area contributed by atoms with E-state index in [0.717, 1.165) is 4.57 Å². The Morgan fingerprint density at radius 2 is 1.24 bits per heavy atom. The summed E-state index contributed by atoms with van der Waals surface area (Å²) in [7, 11) is 0. The number of aromatic hydroxyl groups is 1. The topological polar surface area (TPSA) is 50.9 Å². The molecule has 6 aromatic carbocycles. The van der Waals surface area contributed by atoms with Gasteiger partial charge in [-0.2, -0.15) is 0 Å². The molecular formula is C65H74N3OPt-. The molecule has 2 heterocycles. The molecule has 70 heavy (non-hydrogen) atoms. The van der Waals surface area contributed by atoms with Crippen LogP contribution in [0.2, 0.25) is 0 Å². The fourth-order valence-electron chi connectivity index (χ4n) is 7.99. The number of fused-ring (bicyclic) bond motifs is 1. The molecule has 0 aliphatic rings. The van der Waals surface area contributed by atoms with E-state index in [1.54, 1.807) is 78.8 Å². The predicted octanol–water partition coefficient (Wildman–Crippen LogP) is 18.0. The van der Waals surface area contributed by atoms with Crippen LogP contribution in [0.4, 0.5) is 0 Å². The van der Waals surface area contributed by atoms with Crippen LogP contribution in [0.3, 0.4) is 0 Å². The summed E-state index contributed by atoms with van der Waals surface area (Å²) in [5.41, 5.74) is -19.5. The molecule has 0 aliphatic carbocycles.